The van der Waals surface area contributed by atoms with Crippen molar-refractivity contribution in [2.75, 3.05) is 34.3 Å². The Labute approximate surface area is 171 Å². The van der Waals surface area contributed by atoms with Crippen LogP contribution in [0.4, 0.5) is 0 Å². The van der Waals surface area contributed by atoms with Crippen molar-refractivity contribution in [1.29, 1.82) is 0 Å². The molecule has 0 saturated heterocycles. The van der Waals surface area contributed by atoms with Gasteiger partial charge in [-0.1, -0.05) is 6.92 Å². The molecule has 0 bridgehead atoms. The Balaban J connectivity index is 0.00000576. The van der Waals surface area contributed by atoms with E-state index in [-0.39, 0.29) is 36.0 Å². The lowest BCUT2D eigenvalue weighted by atomic mass is 10.3. The molecule has 1 amide bonds. The molecule has 1 aromatic rings. The van der Waals surface area contributed by atoms with Gasteiger partial charge in [0.2, 0.25) is 5.91 Å². The van der Waals surface area contributed by atoms with Gasteiger partial charge in [0.05, 0.1) is 12.2 Å². The minimum absolute atomic E-state index is 0. The maximum atomic E-state index is 11.6. The Kier molecular flexibility index (Phi) is 12.8. The first-order valence-corrected chi connectivity index (χ1v) is 9.05. The zero-order valence-corrected chi connectivity index (χ0v) is 18.8. The van der Waals surface area contributed by atoms with Gasteiger partial charge in [-0.25, -0.2) is 4.98 Å². The molecular formula is C16H30IN5O2S. The second-order valence-corrected chi connectivity index (χ2v) is 6.37. The van der Waals surface area contributed by atoms with E-state index in [0.717, 1.165) is 29.6 Å². The second kappa shape index (κ2) is 13.3. The van der Waals surface area contributed by atoms with E-state index in [1.165, 1.54) is 0 Å². The first-order chi connectivity index (χ1) is 11.5. The van der Waals surface area contributed by atoms with Crippen LogP contribution in [-0.4, -0.2) is 56.0 Å². The Hall–Kier alpha value is -0.940. The number of amides is 1. The summed E-state index contributed by atoms with van der Waals surface area (Å²) in [6.45, 7) is 5.94. The molecule has 1 aromatic heterocycles. The second-order valence-electron chi connectivity index (χ2n) is 5.49. The van der Waals surface area contributed by atoms with Gasteiger partial charge in [-0.3, -0.25) is 9.79 Å². The highest BCUT2D eigenvalue weighted by Gasteiger charge is 2.12. The number of nitrogens with zero attached hydrogens (tertiary/aromatic N) is 3. The highest BCUT2D eigenvalue weighted by Crippen LogP contribution is 2.20. The number of methoxy groups -OCH3 is 1. The minimum atomic E-state index is 0. The highest BCUT2D eigenvalue weighted by atomic mass is 127. The lowest BCUT2D eigenvalue weighted by molar-refractivity contribution is -0.120. The smallest absolute Gasteiger partial charge is 0.221 e. The summed E-state index contributed by atoms with van der Waals surface area (Å²) in [5.74, 6) is 0.799. The number of carbonyl (C=O) groups is 1. The van der Waals surface area contributed by atoms with Gasteiger partial charge >= 0.3 is 0 Å². The Bertz CT molecular complexity index is 538. The van der Waals surface area contributed by atoms with Gasteiger partial charge in [0, 0.05) is 46.1 Å². The molecule has 1 unspecified atom stereocenters. The van der Waals surface area contributed by atoms with Crippen LogP contribution in [0.5, 0.6) is 0 Å². The van der Waals surface area contributed by atoms with Gasteiger partial charge in [-0.15, -0.1) is 35.3 Å². The molecule has 0 spiro atoms. The summed E-state index contributed by atoms with van der Waals surface area (Å²) >= 11 is 1.60. The van der Waals surface area contributed by atoms with Crippen LogP contribution in [0.15, 0.2) is 10.4 Å². The monoisotopic (exact) mass is 483 g/mol. The Morgan fingerprint density at radius 2 is 2.16 bits per heavy atom. The standard InChI is InChI=1S/C16H29N5O2S.HI/c1-6-8-18-14(22)7-9-19-16(17-3)21(4)10-13-11-24-15(20-13)12(2)23-5;/h11-12H,6-10H2,1-5H3,(H,17,19)(H,18,22);1H. The summed E-state index contributed by atoms with van der Waals surface area (Å²) in [5.41, 5.74) is 0.977. The largest absolute Gasteiger partial charge is 0.375 e. The molecule has 0 saturated carbocycles. The van der Waals surface area contributed by atoms with E-state index in [9.17, 15) is 4.79 Å². The predicted molar refractivity (Wildman–Crippen MR) is 114 cm³/mol. The van der Waals surface area contributed by atoms with Gasteiger partial charge in [-0.2, -0.15) is 0 Å². The number of rotatable bonds is 9. The third-order valence-electron chi connectivity index (χ3n) is 3.45. The minimum Gasteiger partial charge on any atom is -0.375 e. The van der Waals surface area contributed by atoms with Gasteiger partial charge in [0.15, 0.2) is 5.96 Å². The summed E-state index contributed by atoms with van der Waals surface area (Å²) < 4.78 is 5.29. The van der Waals surface area contributed by atoms with Crippen molar-refractivity contribution >= 4 is 47.2 Å². The molecular weight excluding hydrogens is 453 g/mol. The molecule has 7 nitrogen and oxygen atoms in total. The first kappa shape index (κ1) is 24.1. The quantitative estimate of drug-likeness (QED) is 0.321. The van der Waals surface area contributed by atoms with Gasteiger partial charge in [0.1, 0.15) is 11.1 Å². The number of carbonyl (C=O) groups excluding carboxylic acids is 1. The van der Waals surface area contributed by atoms with Gasteiger partial charge < -0.3 is 20.3 Å². The van der Waals surface area contributed by atoms with Crippen molar-refractivity contribution in [1.82, 2.24) is 20.5 Å². The number of hydrogen-bond donors (Lipinski definition) is 2. The number of halogens is 1. The van der Waals surface area contributed by atoms with Crippen LogP contribution in [0.3, 0.4) is 0 Å². The maximum Gasteiger partial charge on any atom is 0.221 e. The highest BCUT2D eigenvalue weighted by molar-refractivity contribution is 14.0. The van der Waals surface area contributed by atoms with E-state index in [1.807, 2.05) is 31.2 Å². The van der Waals surface area contributed by atoms with Gasteiger partial charge in [-0.05, 0) is 13.3 Å². The van der Waals surface area contributed by atoms with E-state index in [4.69, 9.17) is 4.74 Å². The van der Waals surface area contributed by atoms with E-state index in [2.05, 4.69) is 20.6 Å². The van der Waals surface area contributed by atoms with Crippen molar-refractivity contribution < 1.29 is 9.53 Å². The normalized spacial score (nSPS) is 12.3. The number of aliphatic imine (C=N–C) groups is 1. The fraction of sp³-hybridized carbons (Fsp3) is 0.688. The van der Waals surface area contributed by atoms with Crippen LogP contribution in [0, 0.1) is 0 Å². The molecule has 144 valence electrons. The fourth-order valence-electron chi connectivity index (χ4n) is 2.03. The maximum absolute atomic E-state index is 11.6. The Morgan fingerprint density at radius 3 is 2.76 bits per heavy atom. The van der Waals surface area contributed by atoms with Crippen molar-refractivity contribution in [2.24, 2.45) is 4.99 Å². The van der Waals surface area contributed by atoms with Crippen LogP contribution in [0.25, 0.3) is 0 Å². The van der Waals surface area contributed by atoms with Crippen LogP contribution in [0.2, 0.25) is 0 Å². The van der Waals surface area contributed by atoms with E-state index in [1.54, 1.807) is 25.5 Å². The zero-order valence-electron chi connectivity index (χ0n) is 15.7. The lowest BCUT2D eigenvalue weighted by Crippen LogP contribution is -2.40. The molecule has 0 fully saturated rings. The first-order valence-electron chi connectivity index (χ1n) is 8.17. The number of ether oxygens (including phenoxy) is 1. The van der Waals surface area contributed by atoms with E-state index < -0.39 is 0 Å². The van der Waals surface area contributed by atoms with Gasteiger partial charge in [0.25, 0.3) is 0 Å². The van der Waals surface area contributed by atoms with E-state index in [0.29, 0.717) is 19.5 Å². The summed E-state index contributed by atoms with van der Waals surface area (Å²) in [4.78, 5) is 22.4. The number of aromatic nitrogens is 1. The zero-order chi connectivity index (χ0) is 17.9. The van der Waals surface area contributed by atoms with Crippen molar-refractivity contribution in [2.45, 2.75) is 39.3 Å². The molecule has 1 rings (SSSR count). The number of guanidine groups is 1. The third-order valence-corrected chi connectivity index (χ3v) is 4.51. The molecule has 0 radical (unpaired) electrons. The molecule has 1 heterocycles. The topological polar surface area (TPSA) is 78.9 Å². The number of thiazole rings is 1. The molecule has 0 aromatic carbocycles. The molecule has 0 aliphatic rings. The summed E-state index contributed by atoms with van der Waals surface area (Å²) in [7, 11) is 5.36. The molecule has 25 heavy (non-hydrogen) atoms. The summed E-state index contributed by atoms with van der Waals surface area (Å²) in [6.07, 6.45) is 1.38. The summed E-state index contributed by atoms with van der Waals surface area (Å²) in [6, 6.07) is 0. The van der Waals surface area contributed by atoms with E-state index >= 15 is 0 Å². The molecule has 0 aliphatic carbocycles. The molecule has 0 aliphatic heterocycles. The summed E-state index contributed by atoms with van der Waals surface area (Å²) in [5, 5.41) is 9.07. The fourth-order valence-corrected chi connectivity index (χ4v) is 2.87. The van der Waals surface area contributed by atoms with Crippen LogP contribution in [-0.2, 0) is 16.1 Å². The molecule has 2 N–H and O–H groups in total. The molecule has 9 heteroatoms. The van der Waals surface area contributed by atoms with Crippen molar-refractivity contribution in [3.8, 4) is 0 Å². The average molecular weight is 483 g/mol. The lowest BCUT2D eigenvalue weighted by Gasteiger charge is -2.21. The SMILES string of the molecule is CCCNC(=O)CCNC(=NC)N(C)Cc1csc(C(C)OC)n1.I. The average Bonchev–Trinajstić information content (AvgIpc) is 3.04. The van der Waals surface area contributed by atoms with Crippen LogP contribution >= 0.6 is 35.3 Å². The van der Waals surface area contributed by atoms with Crippen molar-refractivity contribution in [3.05, 3.63) is 16.1 Å². The Morgan fingerprint density at radius 1 is 1.44 bits per heavy atom. The van der Waals surface area contributed by atoms with Crippen molar-refractivity contribution in [3.63, 3.8) is 0 Å². The molecule has 1 atom stereocenters. The van der Waals surface area contributed by atoms with Crippen LogP contribution < -0.4 is 10.6 Å². The predicted octanol–water partition coefficient (Wildman–Crippen LogP) is 2.39. The third kappa shape index (κ3) is 8.82. The van der Waals surface area contributed by atoms with Crippen LogP contribution in [0.1, 0.15) is 43.5 Å². The number of hydrogen-bond acceptors (Lipinski definition) is 5. The number of nitrogens with one attached hydrogen (secondary N) is 2.